The van der Waals surface area contributed by atoms with E-state index in [1.165, 1.54) is 6.08 Å². The standard InChI is InChI=1S/C21H27N3O3.C2H6/c1-16(2)21-22-17-8-5-3-4-6-9-18(25)20(26)19(17)24(21)11-7-10-23-12-14-27-15-13-23;1-2/h3-6,8-9,16H,7,10-15H2,1-2H3;1-2H3/b4-3-,8-5+,9-6+;. The number of rotatable bonds is 5. The lowest BCUT2D eigenvalue weighted by Crippen LogP contribution is -2.37. The van der Waals surface area contributed by atoms with Gasteiger partial charge in [-0.05, 0) is 18.6 Å². The van der Waals surface area contributed by atoms with Crippen LogP contribution in [0.4, 0.5) is 0 Å². The zero-order chi connectivity index (χ0) is 21.2. The third-order valence-electron chi connectivity index (χ3n) is 4.77. The van der Waals surface area contributed by atoms with Gasteiger partial charge in [0.15, 0.2) is 0 Å². The molecule has 6 heteroatoms. The quantitative estimate of drug-likeness (QED) is 0.707. The fourth-order valence-electron chi connectivity index (χ4n) is 3.40. The minimum Gasteiger partial charge on any atom is -0.379 e. The summed E-state index contributed by atoms with van der Waals surface area (Å²) in [7, 11) is 0. The summed E-state index contributed by atoms with van der Waals surface area (Å²) < 4.78 is 7.34. The fraction of sp³-hybridized carbons (Fsp3) is 0.522. The largest absolute Gasteiger partial charge is 0.379 e. The number of hydrogen-bond donors (Lipinski definition) is 0. The van der Waals surface area contributed by atoms with E-state index in [9.17, 15) is 9.59 Å². The Morgan fingerprint density at radius 1 is 1.00 bits per heavy atom. The molecule has 0 aromatic carbocycles. The first-order chi connectivity index (χ1) is 14.1. The first-order valence-electron chi connectivity index (χ1n) is 10.6. The molecule has 1 aromatic heterocycles. The number of carbonyl (C=O) groups excluding carboxylic acids is 2. The molecule has 1 aliphatic carbocycles. The molecule has 1 saturated heterocycles. The van der Waals surface area contributed by atoms with Gasteiger partial charge in [-0.15, -0.1) is 0 Å². The Hall–Kier alpha value is -2.31. The van der Waals surface area contributed by atoms with Gasteiger partial charge in [0.1, 0.15) is 11.5 Å². The van der Waals surface area contributed by atoms with E-state index in [1.54, 1.807) is 18.2 Å². The summed E-state index contributed by atoms with van der Waals surface area (Å²) in [6.45, 7) is 13.1. The molecule has 0 spiro atoms. The number of nitrogens with zero attached hydrogens (tertiary/aromatic N) is 3. The van der Waals surface area contributed by atoms with Gasteiger partial charge in [0.05, 0.1) is 18.9 Å². The third-order valence-corrected chi connectivity index (χ3v) is 4.77. The van der Waals surface area contributed by atoms with Crippen molar-refractivity contribution in [1.29, 1.82) is 0 Å². The fourth-order valence-corrected chi connectivity index (χ4v) is 3.40. The molecular formula is C23H33N3O3. The van der Waals surface area contributed by atoms with Crippen LogP contribution in [-0.4, -0.2) is 58.9 Å². The van der Waals surface area contributed by atoms with Gasteiger partial charge in [-0.1, -0.05) is 52.0 Å². The normalized spacial score (nSPS) is 20.6. The number of fused-ring (bicyclic) bond motifs is 1. The van der Waals surface area contributed by atoms with E-state index in [4.69, 9.17) is 4.74 Å². The lowest BCUT2D eigenvalue weighted by atomic mass is 10.1. The van der Waals surface area contributed by atoms with Crippen molar-refractivity contribution in [3.63, 3.8) is 0 Å². The van der Waals surface area contributed by atoms with Crippen LogP contribution in [0.1, 0.15) is 62.0 Å². The minimum atomic E-state index is -0.513. The molecule has 2 heterocycles. The highest BCUT2D eigenvalue weighted by molar-refractivity contribution is 6.47. The van der Waals surface area contributed by atoms with Crippen molar-refractivity contribution < 1.29 is 14.3 Å². The Morgan fingerprint density at radius 3 is 2.31 bits per heavy atom. The molecule has 2 aliphatic rings. The maximum absolute atomic E-state index is 12.8. The molecular weight excluding hydrogens is 366 g/mol. The van der Waals surface area contributed by atoms with Gasteiger partial charge in [-0.3, -0.25) is 14.5 Å². The predicted molar refractivity (Wildman–Crippen MR) is 116 cm³/mol. The van der Waals surface area contributed by atoms with Crippen molar-refractivity contribution in [2.45, 2.75) is 46.6 Å². The summed E-state index contributed by atoms with van der Waals surface area (Å²) >= 11 is 0. The van der Waals surface area contributed by atoms with Crippen molar-refractivity contribution in [3.8, 4) is 0 Å². The van der Waals surface area contributed by atoms with Crippen LogP contribution in [0.25, 0.3) is 6.08 Å². The monoisotopic (exact) mass is 399 g/mol. The Labute approximate surface area is 173 Å². The van der Waals surface area contributed by atoms with Crippen LogP contribution in [0, 0.1) is 0 Å². The van der Waals surface area contributed by atoms with E-state index in [1.807, 2.05) is 30.6 Å². The Kier molecular flexibility index (Phi) is 9.22. The average Bonchev–Trinajstić information content (AvgIpc) is 3.10. The smallest absolute Gasteiger partial charge is 0.251 e. The number of imidazole rings is 1. The molecule has 0 radical (unpaired) electrons. The SMILES string of the molecule is CC.CC(C)c1nc2c(n1CCCN1CCOCC1)C(=O)C(=O)/C=C/C=C\C=C\2. The van der Waals surface area contributed by atoms with Crippen molar-refractivity contribution in [1.82, 2.24) is 14.5 Å². The van der Waals surface area contributed by atoms with Crippen LogP contribution >= 0.6 is 0 Å². The van der Waals surface area contributed by atoms with Crippen molar-refractivity contribution >= 4 is 17.6 Å². The van der Waals surface area contributed by atoms with Crippen LogP contribution in [0.15, 0.2) is 30.4 Å². The lowest BCUT2D eigenvalue weighted by Gasteiger charge is -2.26. The minimum absolute atomic E-state index is 0.161. The highest BCUT2D eigenvalue weighted by Gasteiger charge is 2.26. The summed E-state index contributed by atoms with van der Waals surface area (Å²) in [5, 5.41) is 0. The first-order valence-corrected chi connectivity index (χ1v) is 10.6. The number of allylic oxidation sites excluding steroid dienone is 5. The molecule has 0 N–H and O–H groups in total. The molecule has 0 bridgehead atoms. The maximum Gasteiger partial charge on any atom is 0.251 e. The molecule has 1 aliphatic heterocycles. The first kappa shape index (κ1) is 23.0. The van der Waals surface area contributed by atoms with Crippen molar-refractivity contribution in [2.24, 2.45) is 0 Å². The van der Waals surface area contributed by atoms with Gasteiger partial charge >= 0.3 is 0 Å². The van der Waals surface area contributed by atoms with Crippen molar-refractivity contribution in [2.75, 3.05) is 32.8 Å². The second kappa shape index (κ2) is 11.6. The van der Waals surface area contributed by atoms with E-state index < -0.39 is 11.6 Å². The number of ketones is 2. The summed E-state index contributed by atoms with van der Waals surface area (Å²) in [4.78, 5) is 32.2. The van der Waals surface area contributed by atoms with Crippen LogP contribution < -0.4 is 0 Å². The molecule has 3 rings (SSSR count). The second-order valence-corrected chi connectivity index (χ2v) is 7.11. The zero-order valence-corrected chi connectivity index (χ0v) is 18.1. The number of hydrogen-bond acceptors (Lipinski definition) is 5. The molecule has 0 saturated carbocycles. The number of ether oxygens (including phenoxy) is 1. The predicted octanol–water partition coefficient (Wildman–Crippen LogP) is 3.65. The van der Waals surface area contributed by atoms with Crippen molar-refractivity contribution in [3.05, 3.63) is 47.6 Å². The second-order valence-electron chi connectivity index (χ2n) is 7.11. The molecule has 0 unspecified atom stereocenters. The number of Topliss-reactive ketones (excluding diaryl/α,β-unsaturated/α-hetero) is 1. The van der Waals surface area contributed by atoms with E-state index in [-0.39, 0.29) is 5.92 Å². The Balaban J connectivity index is 0.00000145. The Morgan fingerprint density at radius 2 is 1.66 bits per heavy atom. The molecule has 29 heavy (non-hydrogen) atoms. The van der Waals surface area contributed by atoms with Gasteiger partial charge in [0.25, 0.3) is 5.78 Å². The number of aromatic nitrogens is 2. The van der Waals surface area contributed by atoms with E-state index in [2.05, 4.69) is 23.7 Å². The van der Waals surface area contributed by atoms with Crippen LogP contribution in [0.5, 0.6) is 0 Å². The van der Waals surface area contributed by atoms with Gasteiger partial charge < -0.3 is 9.30 Å². The summed E-state index contributed by atoms with van der Waals surface area (Å²) in [5.74, 6) is 0.00110. The summed E-state index contributed by atoms with van der Waals surface area (Å²) in [6, 6.07) is 0. The molecule has 6 nitrogen and oxygen atoms in total. The number of morpholine rings is 1. The molecule has 0 amide bonds. The molecule has 1 aromatic rings. The summed E-state index contributed by atoms with van der Waals surface area (Å²) in [6.07, 6.45) is 11.0. The van der Waals surface area contributed by atoms with Crippen LogP contribution in [0.3, 0.4) is 0 Å². The zero-order valence-electron chi connectivity index (χ0n) is 18.1. The van der Waals surface area contributed by atoms with Crippen LogP contribution in [0.2, 0.25) is 0 Å². The maximum atomic E-state index is 12.8. The van der Waals surface area contributed by atoms with E-state index >= 15 is 0 Å². The van der Waals surface area contributed by atoms with Gasteiger partial charge in [0.2, 0.25) is 5.78 Å². The number of carbonyl (C=O) groups is 2. The van der Waals surface area contributed by atoms with Gasteiger partial charge in [-0.2, -0.15) is 0 Å². The van der Waals surface area contributed by atoms with Crippen LogP contribution in [-0.2, 0) is 16.1 Å². The summed E-state index contributed by atoms with van der Waals surface area (Å²) in [5.41, 5.74) is 0.977. The lowest BCUT2D eigenvalue weighted by molar-refractivity contribution is -0.111. The topological polar surface area (TPSA) is 64.4 Å². The van der Waals surface area contributed by atoms with Gasteiger partial charge in [-0.25, -0.2) is 4.98 Å². The van der Waals surface area contributed by atoms with Gasteiger partial charge in [0, 0.05) is 32.1 Å². The highest BCUT2D eigenvalue weighted by Crippen LogP contribution is 2.22. The van der Waals surface area contributed by atoms with E-state index in [0.717, 1.165) is 45.1 Å². The molecule has 158 valence electrons. The Bertz CT molecular complexity index is 782. The molecule has 1 fully saturated rings. The highest BCUT2D eigenvalue weighted by atomic mass is 16.5. The molecule has 0 atom stereocenters. The average molecular weight is 400 g/mol. The third kappa shape index (κ3) is 6.08. The van der Waals surface area contributed by atoms with E-state index in [0.29, 0.717) is 17.9 Å².